The molecule has 0 spiro atoms. The highest BCUT2D eigenvalue weighted by Crippen LogP contribution is 2.36. The van der Waals surface area contributed by atoms with Gasteiger partial charge in [-0.3, -0.25) is 19.3 Å². The van der Waals surface area contributed by atoms with Gasteiger partial charge in [0.25, 0.3) is 5.91 Å². The lowest BCUT2D eigenvalue weighted by molar-refractivity contribution is -0.138. The minimum absolute atomic E-state index is 0.0653. The molecule has 0 bridgehead atoms. The third-order valence-corrected chi connectivity index (χ3v) is 9.34. The van der Waals surface area contributed by atoms with Crippen LogP contribution in [-0.2, 0) is 51.2 Å². The predicted octanol–water partition coefficient (Wildman–Crippen LogP) is 3.89. The normalized spacial score (nSPS) is 15.0. The van der Waals surface area contributed by atoms with Crippen LogP contribution in [0, 0.1) is 6.92 Å². The lowest BCUT2D eigenvalue weighted by Gasteiger charge is -2.24. The Kier molecular flexibility index (Phi) is 8.34. The number of halogens is 1. The van der Waals surface area contributed by atoms with Gasteiger partial charge < -0.3 is 24.5 Å². The Labute approximate surface area is 266 Å². The number of aromatic nitrogens is 4. The number of ketones is 1. The molecule has 1 amide bonds. The molecule has 4 aromatic rings. The van der Waals surface area contributed by atoms with E-state index in [-0.39, 0.29) is 30.5 Å². The fourth-order valence-corrected chi connectivity index (χ4v) is 6.73. The van der Waals surface area contributed by atoms with E-state index in [1.807, 2.05) is 62.0 Å². The number of carboxylic acids is 1. The molecule has 2 aromatic heterocycles. The Balaban J connectivity index is 1.22. The maximum Gasteiger partial charge on any atom is 0.317 e. The lowest BCUT2D eigenvalue weighted by Crippen LogP contribution is -2.35. The summed E-state index contributed by atoms with van der Waals surface area (Å²) in [5.74, 6) is -0.618. The standard InChI is InChI=1S/C33H36ClN7O4/c1-19-21(8-6-10-23(19)37-33(45)32-36-25-17-41(18-29(43)44)14-12-27(25)40(32)4)22-9-5-7-20(30(22)34)15-28(42)31-35-24-16-38(2)13-11-26(24)39(31)3/h5-10H,11-18H2,1-4H3,(H,37,45)(H,43,44). The first-order valence-corrected chi connectivity index (χ1v) is 15.3. The van der Waals surface area contributed by atoms with Crippen molar-refractivity contribution in [1.82, 2.24) is 28.9 Å². The molecular weight excluding hydrogens is 594 g/mol. The van der Waals surface area contributed by atoms with Crippen LogP contribution in [0.5, 0.6) is 0 Å². The van der Waals surface area contributed by atoms with Gasteiger partial charge in [-0.2, -0.15) is 0 Å². The molecule has 0 unspecified atom stereocenters. The number of carbonyl (C=O) groups is 3. The Hall–Kier alpha value is -4.32. The van der Waals surface area contributed by atoms with E-state index in [0.29, 0.717) is 41.6 Å². The molecule has 11 nitrogen and oxygen atoms in total. The lowest BCUT2D eigenvalue weighted by atomic mass is 9.96. The van der Waals surface area contributed by atoms with Crippen molar-refractivity contribution in [3.05, 3.63) is 87.0 Å². The zero-order valence-corrected chi connectivity index (χ0v) is 26.6. The van der Waals surface area contributed by atoms with Crippen LogP contribution in [0.15, 0.2) is 36.4 Å². The highest BCUT2D eigenvalue weighted by molar-refractivity contribution is 6.34. The summed E-state index contributed by atoms with van der Waals surface area (Å²) in [5, 5.41) is 12.7. The summed E-state index contributed by atoms with van der Waals surface area (Å²) in [6.07, 6.45) is 1.60. The summed E-state index contributed by atoms with van der Waals surface area (Å²) in [5.41, 5.74) is 7.47. The van der Waals surface area contributed by atoms with E-state index in [4.69, 9.17) is 16.7 Å². The van der Waals surface area contributed by atoms with Crippen LogP contribution < -0.4 is 5.32 Å². The largest absolute Gasteiger partial charge is 0.480 e. The fraction of sp³-hybridized carbons (Fsp3) is 0.364. The Morgan fingerprint density at radius 1 is 0.889 bits per heavy atom. The van der Waals surface area contributed by atoms with E-state index >= 15 is 0 Å². The van der Waals surface area contributed by atoms with Crippen molar-refractivity contribution in [3.8, 4) is 11.1 Å². The van der Waals surface area contributed by atoms with Crippen molar-refractivity contribution in [2.75, 3.05) is 32.0 Å². The molecule has 2 aliphatic rings. The topological polar surface area (TPSA) is 126 Å². The quantitative estimate of drug-likeness (QED) is 0.281. The van der Waals surface area contributed by atoms with E-state index in [0.717, 1.165) is 59.0 Å². The summed E-state index contributed by atoms with van der Waals surface area (Å²) in [4.78, 5) is 51.3. The maximum atomic E-state index is 13.4. The average molecular weight is 630 g/mol. The minimum Gasteiger partial charge on any atom is -0.480 e. The minimum atomic E-state index is -0.889. The average Bonchev–Trinajstić information content (AvgIpc) is 3.50. The summed E-state index contributed by atoms with van der Waals surface area (Å²) >= 11 is 6.96. The number of hydrogen-bond acceptors (Lipinski definition) is 7. The number of fused-ring (bicyclic) bond motifs is 2. The first-order chi connectivity index (χ1) is 21.5. The van der Waals surface area contributed by atoms with Gasteiger partial charge in [-0.15, -0.1) is 0 Å². The van der Waals surface area contributed by atoms with E-state index in [2.05, 4.69) is 27.2 Å². The number of benzene rings is 2. The van der Waals surface area contributed by atoms with Gasteiger partial charge in [-0.1, -0.05) is 41.9 Å². The molecule has 6 rings (SSSR count). The molecule has 12 heteroatoms. The fourth-order valence-electron chi connectivity index (χ4n) is 6.44. The molecule has 2 N–H and O–H groups in total. The number of anilines is 1. The van der Waals surface area contributed by atoms with E-state index in [1.54, 1.807) is 9.47 Å². The molecule has 45 heavy (non-hydrogen) atoms. The monoisotopic (exact) mass is 629 g/mol. The second-order valence-electron chi connectivity index (χ2n) is 11.9. The van der Waals surface area contributed by atoms with E-state index in [1.165, 1.54) is 0 Å². The van der Waals surface area contributed by atoms with Crippen LogP contribution >= 0.6 is 11.6 Å². The second kappa shape index (κ2) is 12.2. The third-order valence-electron chi connectivity index (χ3n) is 8.89. The Bertz CT molecular complexity index is 1840. The molecule has 0 radical (unpaired) electrons. The molecule has 0 aliphatic carbocycles. The molecule has 0 fully saturated rings. The molecule has 2 aromatic carbocycles. The number of aliphatic carboxylic acids is 1. The number of carbonyl (C=O) groups excluding carboxylic acids is 2. The van der Waals surface area contributed by atoms with Crippen LogP contribution in [0.2, 0.25) is 5.02 Å². The van der Waals surface area contributed by atoms with Crippen molar-refractivity contribution in [2.45, 2.75) is 39.3 Å². The first-order valence-electron chi connectivity index (χ1n) is 14.9. The number of likely N-dealkylation sites (N-methyl/N-ethyl adjacent to an activating group) is 1. The van der Waals surface area contributed by atoms with Gasteiger partial charge in [0, 0.05) is 82.2 Å². The van der Waals surface area contributed by atoms with Gasteiger partial charge >= 0.3 is 5.97 Å². The molecule has 234 valence electrons. The smallest absolute Gasteiger partial charge is 0.317 e. The Morgan fingerprint density at radius 2 is 1.53 bits per heavy atom. The van der Waals surface area contributed by atoms with E-state index < -0.39 is 5.97 Å². The van der Waals surface area contributed by atoms with Crippen LogP contribution in [0.1, 0.15) is 55.1 Å². The van der Waals surface area contributed by atoms with Crippen LogP contribution in [0.3, 0.4) is 0 Å². The van der Waals surface area contributed by atoms with Crippen molar-refractivity contribution < 1.29 is 19.5 Å². The van der Waals surface area contributed by atoms with Gasteiger partial charge in [0.1, 0.15) is 0 Å². The number of carboxylic acid groups (broad SMARTS) is 1. The zero-order chi connectivity index (χ0) is 32.0. The van der Waals surface area contributed by atoms with Gasteiger partial charge in [0.15, 0.2) is 11.6 Å². The molecule has 4 heterocycles. The molecule has 0 saturated carbocycles. The molecule has 0 saturated heterocycles. The van der Waals surface area contributed by atoms with Gasteiger partial charge in [0.05, 0.1) is 23.0 Å². The van der Waals surface area contributed by atoms with Gasteiger partial charge in [-0.25, -0.2) is 9.97 Å². The third kappa shape index (κ3) is 5.90. The van der Waals surface area contributed by atoms with Crippen LogP contribution in [-0.4, -0.2) is 78.4 Å². The zero-order valence-electron chi connectivity index (χ0n) is 25.9. The van der Waals surface area contributed by atoms with Gasteiger partial charge in [-0.05, 0) is 36.7 Å². The highest BCUT2D eigenvalue weighted by Gasteiger charge is 2.27. The number of rotatable bonds is 8. The number of amides is 1. The maximum absolute atomic E-state index is 13.4. The Morgan fingerprint density at radius 3 is 2.29 bits per heavy atom. The van der Waals surface area contributed by atoms with Crippen LogP contribution in [0.4, 0.5) is 5.69 Å². The predicted molar refractivity (Wildman–Crippen MR) is 171 cm³/mol. The first kappa shape index (κ1) is 30.7. The number of nitrogens with one attached hydrogen (secondary N) is 1. The number of hydrogen-bond donors (Lipinski definition) is 2. The van der Waals surface area contributed by atoms with Crippen LogP contribution in [0.25, 0.3) is 11.1 Å². The number of Topliss-reactive ketones (excluding diaryl/α,β-unsaturated/α-hetero) is 1. The number of imidazole rings is 2. The van der Waals surface area contributed by atoms with Crippen molar-refractivity contribution in [2.24, 2.45) is 14.1 Å². The molecule has 2 aliphatic heterocycles. The van der Waals surface area contributed by atoms with E-state index in [9.17, 15) is 14.4 Å². The second-order valence-corrected chi connectivity index (χ2v) is 12.3. The highest BCUT2D eigenvalue weighted by atomic mass is 35.5. The number of nitrogens with zero attached hydrogens (tertiary/aromatic N) is 6. The van der Waals surface area contributed by atoms with Crippen molar-refractivity contribution in [1.29, 1.82) is 0 Å². The summed E-state index contributed by atoms with van der Waals surface area (Å²) in [6.45, 7) is 4.49. The summed E-state index contributed by atoms with van der Waals surface area (Å²) < 4.78 is 3.71. The van der Waals surface area contributed by atoms with Crippen molar-refractivity contribution in [3.63, 3.8) is 0 Å². The SMILES string of the molecule is Cc1c(NC(=O)c2nc3c(n2C)CCN(CC(=O)O)C3)cccc1-c1cccc(CC(=O)c2nc3c(n2C)CCN(C)C3)c1Cl. The molecule has 0 atom stereocenters. The van der Waals surface area contributed by atoms with Gasteiger partial charge in [0.2, 0.25) is 5.78 Å². The van der Waals surface area contributed by atoms with Crippen molar-refractivity contribution >= 4 is 34.9 Å². The molecular formula is C33H36ClN7O4. The summed E-state index contributed by atoms with van der Waals surface area (Å²) in [7, 11) is 5.76. The summed E-state index contributed by atoms with van der Waals surface area (Å²) in [6, 6.07) is 11.3.